The van der Waals surface area contributed by atoms with E-state index in [1.807, 2.05) is 18.2 Å². The summed E-state index contributed by atoms with van der Waals surface area (Å²) in [5, 5.41) is 0.978. The second-order valence-electron chi connectivity index (χ2n) is 4.35. The summed E-state index contributed by atoms with van der Waals surface area (Å²) in [5.41, 5.74) is 0.838. The highest BCUT2D eigenvalue weighted by molar-refractivity contribution is 6.42. The largest absolute Gasteiger partial charge is 0.457 e. The Morgan fingerprint density at radius 3 is 2.63 bits per heavy atom. The van der Waals surface area contributed by atoms with E-state index < -0.39 is 0 Å². The Labute approximate surface area is 120 Å². The summed E-state index contributed by atoms with van der Waals surface area (Å²) in [4.78, 5) is 11.1. The summed E-state index contributed by atoms with van der Waals surface area (Å²) in [7, 11) is 0. The molecule has 1 aromatic carbocycles. The van der Waals surface area contributed by atoms with Crippen molar-refractivity contribution < 1.29 is 13.9 Å². The van der Waals surface area contributed by atoms with E-state index in [1.165, 1.54) is 0 Å². The molecule has 2 heterocycles. The Bertz CT molecular complexity index is 633. The van der Waals surface area contributed by atoms with Crippen LogP contribution in [0.2, 0.25) is 10.0 Å². The molecule has 0 bridgehead atoms. The summed E-state index contributed by atoms with van der Waals surface area (Å²) in [5.74, 6) is 1.15. The van der Waals surface area contributed by atoms with Crippen LogP contribution in [0.3, 0.4) is 0 Å². The molecular weight excluding hydrogens is 287 g/mol. The van der Waals surface area contributed by atoms with Crippen LogP contribution in [0.25, 0.3) is 11.3 Å². The number of hydrogen-bond donors (Lipinski definition) is 0. The van der Waals surface area contributed by atoms with Gasteiger partial charge < -0.3 is 9.15 Å². The van der Waals surface area contributed by atoms with Crippen molar-refractivity contribution in [3.05, 3.63) is 46.1 Å². The smallest absolute Gasteiger partial charge is 0.306 e. The topological polar surface area (TPSA) is 39.4 Å². The van der Waals surface area contributed by atoms with Crippen molar-refractivity contribution >= 4 is 29.2 Å². The van der Waals surface area contributed by atoms with Crippen LogP contribution in [0, 0.1) is 0 Å². The molecule has 3 nitrogen and oxygen atoms in total. The fourth-order valence-corrected chi connectivity index (χ4v) is 2.35. The van der Waals surface area contributed by atoms with Crippen LogP contribution >= 0.6 is 23.2 Å². The monoisotopic (exact) mass is 296 g/mol. The summed E-state index contributed by atoms with van der Waals surface area (Å²) in [6, 6.07) is 8.95. The molecule has 1 aliphatic heterocycles. The number of halogens is 2. The van der Waals surface area contributed by atoms with Crippen LogP contribution in [0.1, 0.15) is 24.7 Å². The third kappa shape index (κ3) is 2.48. The molecular formula is C14H10Cl2O3. The van der Waals surface area contributed by atoms with Gasteiger partial charge in [0.1, 0.15) is 11.5 Å². The fourth-order valence-electron chi connectivity index (χ4n) is 2.06. The summed E-state index contributed by atoms with van der Waals surface area (Å²) >= 11 is 11.8. The van der Waals surface area contributed by atoms with E-state index in [1.54, 1.807) is 12.1 Å². The van der Waals surface area contributed by atoms with Gasteiger partial charge in [-0.05, 0) is 30.3 Å². The molecule has 5 heteroatoms. The lowest BCUT2D eigenvalue weighted by atomic mass is 10.2. The number of furan rings is 1. The van der Waals surface area contributed by atoms with E-state index in [9.17, 15) is 4.79 Å². The Morgan fingerprint density at radius 2 is 1.95 bits per heavy atom. The molecule has 1 saturated heterocycles. The Hall–Kier alpha value is -1.45. The average Bonchev–Trinajstić information content (AvgIpc) is 3.01. The standard InChI is InChI=1S/C14H10Cl2O3/c15-9-2-1-8(7-10(9)16)11-3-4-12(18-11)13-5-6-14(17)19-13/h1-4,7,13H,5-6H2. The second kappa shape index (κ2) is 4.91. The Kier molecular flexibility index (Phi) is 3.25. The predicted molar refractivity (Wildman–Crippen MR) is 72.2 cm³/mol. The molecule has 2 aromatic rings. The summed E-state index contributed by atoms with van der Waals surface area (Å²) < 4.78 is 10.9. The third-order valence-electron chi connectivity index (χ3n) is 3.03. The first-order chi connectivity index (χ1) is 9.13. The van der Waals surface area contributed by atoms with Crippen molar-refractivity contribution in [3.8, 4) is 11.3 Å². The van der Waals surface area contributed by atoms with Gasteiger partial charge in [0.05, 0.1) is 10.0 Å². The van der Waals surface area contributed by atoms with E-state index in [-0.39, 0.29) is 12.1 Å². The van der Waals surface area contributed by atoms with E-state index in [0.29, 0.717) is 34.4 Å². The molecule has 1 aliphatic rings. The lowest BCUT2D eigenvalue weighted by molar-refractivity contribution is -0.142. The molecule has 0 N–H and O–H groups in total. The molecule has 1 unspecified atom stereocenters. The number of benzene rings is 1. The molecule has 1 fully saturated rings. The third-order valence-corrected chi connectivity index (χ3v) is 3.77. The molecule has 98 valence electrons. The molecule has 3 rings (SSSR count). The zero-order valence-electron chi connectivity index (χ0n) is 9.86. The molecule has 1 aromatic heterocycles. The number of ether oxygens (including phenoxy) is 1. The number of carbonyl (C=O) groups is 1. The van der Waals surface area contributed by atoms with Crippen molar-refractivity contribution in [1.29, 1.82) is 0 Å². The summed E-state index contributed by atoms with van der Waals surface area (Å²) in [6.45, 7) is 0. The maximum absolute atomic E-state index is 11.1. The lowest BCUT2D eigenvalue weighted by Crippen LogP contribution is -1.96. The Morgan fingerprint density at radius 1 is 1.11 bits per heavy atom. The summed E-state index contributed by atoms with van der Waals surface area (Å²) in [6.07, 6.45) is 0.824. The SMILES string of the molecule is O=C1CCC(c2ccc(-c3ccc(Cl)c(Cl)c3)o2)O1. The van der Waals surface area contributed by atoms with Crippen molar-refractivity contribution in [3.63, 3.8) is 0 Å². The van der Waals surface area contributed by atoms with Gasteiger partial charge in [0.25, 0.3) is 0 Å². The van der Waals surface area contributed by atoms with Gasteiger partial charge in [-0.1, -0.05) is 23.2 Å². The van der Waals surface area contributed by atoms with Crippen LogP contribution in [0.15, 0.2) is 34.7 Å². The second-order valence-corrected chi connectivity index (χ2v) is 5.16. The van der Waals surface area contributed by atoms with Crippen molar-refractivity contribution in [2.45, 2.75) is 18.9 Å². The zero-order chi connectivity index (χ0) is 13.4. The van der Waals surface area contributed by atoms with Crippen molar-refractivity contribution in [1.82, 2.24) is 0 Å². The van der Waals surface area contributed by atoms with Gasteiger partial charge in [0.15, 0.2) is 6.10 Å². The van der Waals surface area contributed by atoms with Gasteiger partial charge in [-0.2, -0.15) is 0 Å². The quantitative estimate of drug-likeness (QED) is 0.758. The zero-order valence-corrected chi connectivity index (χ0v) is 11.4. The van der Waals surface area contributed by atoms with Crippen molar-refractivity contribution in [2.24, 2.45) is 0 Å². The van der Waals surface area contributed by atoms with E-state index in [0.717, 1.165) is 5.56 Å². The first-order valence-corrected chi connectivity index (χ1v) is 6.64. The van der Waals surface area contributed by atoms with Gasteiger partial charge in [0.2, 0.25) is 0 Å². The highest BCUT2D eigenvalue weighted by Gasteiger charge is 2.27. The van der Waals surface area contributed by atoms with Crippen LogP contribution in [-0.2, 0) is 9.53 Å². The first kappa shape index (κ1) is 12.6. The highest BCUT2D eigenvalue weighted by Crippen LogP contribution is 2.34. The van der Waals surface area contributed by atoms with Crippen LogP contribution < -0.4 is 0 Å². The first-order valence-electron chi connectivity index (χ1n) is 5.88. The molecule has 1 atom stereocenters. The number of esters is 1. The molecule has 0 spiro atoms. The van der Waals surface area contributed by atoms with Gasteiger partial charge in [-0.25, -0.2) is 0 Å². The predicted octanol–water partition coefficient (Wildman–Crippen LogP) is 4.63. The van der Waals surface area contributed by atoms with E-state index in [2.05, 4.69) is 0 Å². The molecule has 19 heavy (non-hydrogen) atoms. The number of rotatable bonds is 2. The average molecular weight is 297 g/mol. The molecule has 0 amide bonds. The maximum Gasteiger partial charge on any atom is 0.306 e. The minimum atomic E-state index is -0.274. The van der Waals surface area contributed by atoms with E-state index >= 15 is 0 Å². The van der Waals surface area contributed by atoms with Crippen LogP contribution in [0.4, 0.5) is 0 Å². The molecule has 0 aliphatic carbocycles. The number of cyclic esters (lactones) is 1. The van der Waals surface area contributed by atoms with Gasteiger partial charge >= 0.3 is 5.97 Å². The van der Waals surface area contributed by atoms with Crippen LogP contribution in [0.5, 0.6) is 0 Å². The van der Waals surface area contributed by atoms with Gasteiger partial charge in [-0.15, -0.1) is 0 Å². The van der Waals surface area contributed by atoms with Crippen LogP contribution in [-0.4, -0.2) is 5.97 Å². The lowest BCUT2D eigenvalue weighted by Gasteiger charge is -2.05. The van der Waals surface area contributed by atoms with E-state index in [4.69, 9.17) is 32.4 Å². The number of hydrogen-bond acceptors (Lipinski definition) is 3. The molecule has 0 radical (unpaired) electrons. The maximum atomic E-state index is 11.1. The number of carbonyl (C=O) groups excluding carboxylic acids is 1. The minimum Gasteiger partial charge on any atom is -0.457 e. The minimum absolute atomic E-state index is 0.183. The Balaban J connectivity index is 1.88. The highest BCUT2D eigenvalue weighted by atomic mass is 35.5. The molecule has 0 saturated carbocycles. The van der Waals surface area contributed by atoms with Crippen molar-refractivity contribution in [2.75, 3.05) is 0 Å². The normalized spacial score (nSPS) is 18.6. The van der Waals surface area contributed by atoms with Gasteiger partial charge in [-0.3, -0.25) is 4.79 Å². The fraction of sp³-hybridized carbons (Fsp3) is 0.214. The van der Waals surface area contributed by atoms with Gasteiger partial charge in [0, 0.05) is 18.4 Å².